The Balaban J connectivity index is 1.86. The first-order chi connectivity index (χ1) is 8.16. The topological polar surface area (TPSA) is 32.3 Å². The summed E-state index contributed by atoms with van der Waals surface area (Å²) in [5.41, 5.74) is 0. The van der Waals surface area contributed by atoms with Crippen molar-refractivity contribution in [2.45, 2.75) is 52.0 Å². The molecule has 2 heterocycles. The Morgan fingerprint density at radius 1 is 1.35 bits per heavy atom. The van der Waals surface area contributed by atoms with Crippen molar-refractivity contribution in [3.63, 3.8) is 0 Å². The molecule has 1 N–H and O–H groups in total. The van der Waals surface area contributed by atoms with Crippen molar-refractivity contribution in [1.29, 1.82) is 0 Å². The number of carbonyl (C=O) groups excluding carboxylic acids is 1. The summed E-state index contributed by atoms with van der Waals surface area (Å²) >= 11 is 0. The van der Waals surface area contributed by atoms with Crippen LogP contribution in [0.4, 0.5) is 0 Å². The number of nitrogens with one attached hydrogen (secondary N) is 1. The molecule has 0 bridgehead atoms. The smallest absolute Gasteiger partial charge is 0.222 e. The molecule has 0 aromatic rings. The van der Waals surface area contributed by atoms with Crippen LogP contribution in [0, 0.1) is 11.8 Å². The van der Waals surface area contributed by atoms with Crippen molar-refractivity contribution in [2.75, 3.05) is 19.6 Å². The fraction of sp³-hybridized carbons (Fsp3) is 0.929. The molecule has 0 aromatic heterocycles. The van der Waals surface area contributed by atoms with Gasteiger partial charge in [-0.2, -0.15) is 0 Å². The summed E-state index contributed by atoms with van der Waals surface area (Å²) in [4.78, 5) is 14.2. The van der Waals surface area contributed by atoms with Gasteiger partial charge in [0.1, 0.15) is 0 Å². The van der Waals surface area contributed by atoms with Crippen molar-refractivity contribution in [3.05, 3.63) is 0 Å². The highest BCUT2D eigenvalue weighted by atomic mass is 16.2. The normalized spacial score (nSPS) is 31.0. The van der Waals surface area contributed by atoms with Gasteiger partial charge in [-0.3, -0.25) is 4.79 Å². The van der Waals surface area contributed by atoms with Gasteiger partial charge >= 0.3 is 0 Å². The molecule has 2 rings (SSSR count). The molecule has 2 fully saturated rings. The van der Waals surface area contributed by atoms with E-state index in [0.29, 0.717) is 17.9 Å². The number of nitrogens with zero attached hydrogens (tertiary/aromatic N) is 1. The fourth-order valence-electron chi connectivity index (χ4n) is 3.10. The minimum Gasteiger partial charge on any atom is -0.341 e. The second-order valence-corrected chi connectivity index (χ2v) is 5.96. The molecule has 17 heavy (non-hydrogen) atoms. The van der Waals surface area contributed by atoms with Crippen LogP contribution in [-0.2, 0) is 4.79 Å². The summed E-state index contributed by atoms with van der Waals surface area (Å²) in [6.45, 7) is 7.59. The number of carbonyl (C=O) groups is 1. The van der Waals surface area contributed by atoms with Gasteiger partial charge < -0.3 is 10.2 Å². The minimum atomic E-state index is 0.377. The van der Waals surface area contributed by atoms with E-state index in [1.807, 2.05) is 0 Å². The molecular weight excluding hydrogens is 212 g/mol. The van der Waals surface area contributed by atoms with Crippen molar-refractivity contribution < 1.29 is 4.79 Å². The monoisotopic (exact) mass is 238 g/mol. The van der Waals surface area contributed by atoms with Crippen LogP contribution in [0.2, 0.25) is 0 Å². The minimum absolute atomic E-state index is 0.377. The second-order valence-electron chi connectivity index (χ2n) is 5.96. The lowest BCUT2D eigenvalue weighted by Crippen LogP contribution is -2.40. The van der Waals surface area contributed by atoms with Gasteiger partial charge in [-0.15, -0.1) is 0 Å². The Morgan fingerprint density at radius 2 is 2.18 bits per heavy atom. The Kier molecular flexibility index (Phi) is 4.43. The maximum Gasteiger partial charge on any atom is 0.222 e. The highest BCUT2D eigenvalue weighted by Crippen LogP contribution is 2.25. The molecular formula is C14H26N2O. The molecule has 0 aromatic carbocycles. The summed E-state index contributed by atoms with van der Waals surface area (Å²) in [5, 5.41) is 3.48. The van der Waals surface area contributed by atoms with Gasteiger partial charge in [0, 0.05) is 25.6 Å². The lowest BCUT2D eigenvalue weighted by Gasteiger charge is -2.25. The Labute approximate surface area is 105 Å². The van der Waals surface area contributed by atoms with E-state index in [2.05, 4.69) is 24.1 Å². The van der Waals surface area contributed by atoms with Crippen LogP contribution < -0.4 is 5.32 Å². The molecule has 2 saturated heterocycles. The SMILES string of the molecule is CC(C)C1CCC(=O)N(C[C@H]2CCCN2)CC1. The molecule has 3 heteroatoms. The molecule has 2 atom stereocenters. The van der Waals surface area contributed by atoms with Crippen LogP contribution in [0.3, 0.4) is 0 Å². The zero-order chi connectivity index (χ0) is 12.3. The van der Waals surface area contributed by atoms with Crippen molar-refractivity contribution in [2.24, 2.45) is 11.8 Å². The predicted molar refractivity (Wildman–Crippen MR) is 69.8 cm³/mol. The van der Waals surface area contributed by atoms with Crippen molar-refractivity contribution in [1.82, 2.24) is 10.2 Å². The summed E-state index contributed by atoms with van der Waals surface area (Å²) in [5.74, 6) is 1.83. The third-order valence-electron chi connectivity index (χ3n) is 4.40. The van der Waals surface area contributed by atoms with E-state index in [1.54, 1.807) is 0 Å². The Morgan fingerprint density at radius 3 is 2.82 bits per heavy atom. The molecule has 1 amide bonds. The van der Waals surface area contributed by atoms with E-state index in [-0.39, 0.29) is 0 Å². The Bertz CT molecular complexity index is 259. The zero-order valence-electron chi connectivity index (χ0n) is 11.2. The van der Waals surface area contributed by atoms with E-state index in [9.17, 15) is 4.79 Å². The van der Waals surface area contributed by atoms with Crippen LogP contribution in [0.5, 0.6) is 0 Å². The number of amides is 1. The van der Waals surface area contributed by atoms with Crippen LogP contribution in [0.25, 0.3) is 0 Å². The molecule has 0 radical (unpaired) electrons. The summed E-state index contributed by atoms with van der Waals surface area (Å²) in [6, 6.07) is 0.551. The maximum atomic E-state index is 12.1. The van der Waals surface area contributed by atoms with E-state index >= 15 is 0 Å². The third-order valence-corrected chi connectivity index (χ3v) is 4.40. The van der Waals surface area contributed by atoms with Crippen LogP contribution in [0.1, 0.15) is 46.0 Å². The average molecular weight is 238 g/mol. The Hall–Kier alpha value is -0.570. The number of hydrogen-bond acceptors (Lipinski definition) is 2. The van der Waals surface area contributed by atoms with Gasteiger partial charge in [-0.1, -0.05) is 13.8 Å². The van der Waals surface area contributed by atoms with Crippen LogP contribution in [-0.4, -0.2) is 36.5 Å². The maximum absolute atomic E-state index is 12.1. The first-order valence-corrected chi connectivity index (χ1v) is 7.18. The first-order valence-electron chi connectivity index (χ1n) is 7.18. The van der Waals surface area contributed by atoms with Crippen LogP contribution in [0.15, 0.2) is 0 Å². The van der Waals surface area contributed by atoms with Gasteiger partial charge in [0.15, 0.2) is 0 Å². The summed E-state index contributed by atoms with van der Waals surface area (Å²) in [7, 11) is 0. The fourth-order valence-corrected chi connectivity index (χ4v) is 3.10. The van der Waals surface area contributed by atoms with Crippen molar-refractivity contribution >= 4 is 5.91 Å². The third kappa shape index (κ3) is 3.44. The molecule has 3 nitrogen and oxygen atoms in total. The lowest BCUT2D eigenvalue weighted by molar-refractivity contribution is -0.131. The average Bonchev–Trinajstić information content (AvgIpc) is 2.72. The zero-order valence-corrected chi connectivity index (χ0v) is 11.2. The second kappa shape index (κ2) is 5.85. The van der Waals surface area contributed by atoms with Crippen molar-refractivity contribution in [3.8, 4) is 0 Å². The van der Waals surface area contributed by atoms with Gasteiger partial charge in [-0.25, -0.2) is 0 Å². The summed E-state index contributed by atoms with van der Waals surface area (Å²) < 4.78 is 0. The van der Waals surface area contributed by atoms with Gasteiger partial charge in [0.2, 0.25) is 5.91 Å². The van der Waals surface area contributed by atoms with E-state index in [4.69, 9.17) is 0 Å². The van der Waals surface area contributed by atoms with Gasteiger partial charge in [-0.05, 0) is 44.1 Å². The highest BCUT2D eigenvalue weighted by Gasteiger charge is 2.26. The number of likely N-dealkylation sites (tertiary alicyclic amines) is 1. The van der Waals surface area contributed by atoms with E-state index in [0.717, 1.165) is 38.4 Å². The molecule has 2 aliphatic rings. The quantitative estimate of drug-likeness (QED) is 0.816. The lowest BCUT2D eigenvalue weighted by atomic mass is 9.89. The first kappa shape index (κ1) is 12.9. The molecule has 0 spiro atoms. The van der Waals surface area contributed by atoms with Gasteiger partial charge in [0.25, 0.3) is 0 Å². The molecule has 0 aliphatic carbocycles. The largest absolute Gasteiger partial charge is 0.341 e. The highest BCUT2D eigenvalue weighted by molar-refractivity contribution is 5.76. The molecule has 0 saturated carbocycles. The number of hydrogen-bond donors (Lipinski definition) is 1. The van der Waals surface area contributed by atoms with Gasteiger partial charge in [0.05, 0.1) is 0 Å². The molecule has 98 valence electrons. The van der Waals surface area contributed by atoms with E-state index < -0.39 is 0 Å². The van der Waals surface area contributed by atoms with E-state index in [1.165, 1.54) is 19.3 Å². The predicted octanol–water partition coefficient (Wildman–Crippen LogP) is 2.02. The standard InChI is InChI=1S/C14H26N2O/c1-11(2)12-5-6-14(17)16(9-7-12)10-13-4-3-8-15-13/h11-13,15H,3-10H2,1-2H3/t12?,13-/m1/s1. The molecule has 2 aliphatic heterocycles. The molecule has 1 unspecified atom stereocenters. The number of rotatable bonds is 3. The van der Waals surface area contributed by atoms with Crippen LogP contribution >= 0.6 is 0 Å². The summed E-state index contributed by atoms with van der Waals surface area (Å²) in [6.07, 6.45) is 5.54.